The summed E-state index contributed by atoms with van der Waals surface area (Å²) in [5, 5.41) is 14.4. The quantitative estimate of drug-likeness (QED) is 0.567. The summed E-state index contributed by atoms with van der Waals surface area (Å²) in [6.07, 6.45) is 2.47. The van der Waals surface area contributed by atoms with Gasteiger partial charge in [-0.25, -0.2) is 8.42 Å². The van der Waals surface area contributed by atoms with Crippen molar-refractivity contribution in [3.05, 3.63) is 46.6 Å². The first-order chi connectivity index (χ1) is 11.6. The lowest BCUT2D eigenvalue weighted by atomic mass is 10.2. The number of nitrogens with zero attached hydrogens (tertiary/aromatic N) is 4. The topological polar surface area (TPSA) is 115 Å². The summed E-state index contributed by atoms with van der Waals surface area (Å²) in [7, 11) is -3.32. The van der Waals surface area contributed by atoms with Crippen LogP contribution in [0.15, 0.2) is 41.4 Å². The van der Waals surface area contributed by atoms with Gasteiger partial charge in [-0.2, -0.15) is 4.68 Å². The Morgan fingerprint density at radius 3 is 2.32 bits per heavy atom. The molecule has 0 bridgehead atoms. The number of nitro groups is 1. The van der Waals surface area contributed by atoms with E-state index in [9.17, 15) is 23.3 Å². The third-order valence-corrected chi connectivity index (χ3v) is 4.57. The van der Waals surface area contributed by atoms with Crippen molar-refractivity contribution in [1.82, 2.24) is 9.78 Å². The Morgan fingerprint density at radius 1 is 1.28 bits per heavy atom. The number of anilines is 1. The van der Waals surface area contributed by atoms with Gasteiger partial charge in [0.15, 0.2) is 9.84 Å². The highest BCUT2D eigenvalue weighted by Gasteiger charge is 2.22. The fourth-order valence-corrected chi connectivity index (χ4v) is 2.97. The van der Waals surface area contributed by atoms with E-state index in [0.29, 0.717) is 5.69 Å². The fraction of sp³-hybridized carbons (Fsp3) is 0.333. The van der Waals surface area contributed by atoms with E-state index in [-0.39, 0.29) is 29.2 Å². The molecule has 0 aliphatic rings. The van der Waals surface area contributed by atoms with Crippen LogP contribution in [-0.4, -0.2) is 41.3 Å². The van der Waals surface area contributed by atoms with Crippen molar-refractivity contribution in [2.45, 2.75) is 31.3 Å². The number of aromatic nitrogens is 2. The predicted molar refractivity (Wildman–Crippen MR) is 91.1 cm³/mol. The average molecular weight is 366 g/mol. The first kappa shape index (κ1) is 18.6. The molecule has 0 aliphatic heterocycles. The minimum absolute atomic E-state index is 0.162. The maximum absolute atomic E-state index is 12.6. The van der Waals surface area contributed by atoms with Gasteiger partial charge in [0.25, 0.3) is 5.91 Å². The molecule has 0 fully saturated rings. The minimum Gasteiger partial charge on any atom is -0.358 e. The maximum Gasteiger partial charge on any atom is 0.389 e. The van der Waals surface area contributed by atoms with Crippen LogP contribution in [-0.2, 0) is 21.2 Å². The molecule has 0 saturated carbocycles. The number of sulfone groups is 1. The molecule has 0 saturated heterocycles. The van der Waals surface area contributed by atoms with Crippen LogP contribution in [0, 0.1) is 10.1 Å². The molecule has 0 radical (unpaired) electrons. The summed E-state index contributed by atoms with van der Waals surface area (Å²) in [6.45, 7) is 3.46. The smallest absolute Gasteiger partial charge is 0.358 e. The van der Waals surface area contributed by atoms with Gasteiger partial charge in [0.05, 0.1) is 22.3 Å². The second-order valence-corrected chi connectivity index (χ2v) is 7.77. The standard InChI is InChI=1S/C15H18N4O5S/c1-11(2)18(12-4-6-13(7-5-12)25(3,23)24)15(20)10-17-9-8-14(16-17)19(21)22/h4-9,11H,10H2,1-3H3. The summed E-state index contributed by atoms with van der Waals surface area (Å²) >= 11 is 0. The first-order valence-corrected chi connectivity index (χ1v) is 9.29. The molecule has 2 aromatic rings. The largest absolute Gasteiger partial charge is 0.389 e. The Kier molecular flexibility index (Phi) is 5.21. The molecule has 0 aliphatic carbocycles. The molecule has 1 aromatic carbocycles. The van der Waals surface area contributed by atoms with Gasteiger partial charge < -0.3 is 15.0 Å². The zero-order valence-electron chi connectivity index (χ0n) is 14.0. The van der Waals surface area contributed by atoms with Gasteiger partial charge in [0.2, 0.25) is 0 Å². The van der Waals surface area contributed by atoms with E-state index in [1.807, 2.05) is 13.8 Å². The van der Waals surface area contributed by atoms with Crippen molar-refractivity contribution in [2.75, 3.05) is 11.2 Å². The minimum atomic E-state index is -3.32. The van der Waals surface area contributed by atoms with Crippen LogP contribution in [0.3, 0.4) is 0 Å². The highest BCUT2D eigenvalue weighted by Crippen LogP contribution is 2.21. The lowest BCUT2D eigenvalue weighted by molar-refractivity contribution is -0.389. The van der Waals surface area contributed by atoms with E-state index in [4.69, 9.17) is 0 Å². The summed E-state index contributed by atoms with van der Waals surface area (Å²) in [5.41, 5.74) is 0.536. The van der Waals surface area contributed by atoms with Crippen molar-refractivity contribution in [2.24, 2.45) is 0 Å². The molecule has 1 amide bonds. The van der Waals surface area contributed by atoms with Crippen LogP contribution in [0.4, 0.5) is 11.5 Å². The van der Waals surface area contributed by atoms with Crippen molar-refractivity contribution < 1.29 is 18.1 Å². The van der Waals surface area contributed by atoms with Gasteiger partial charge in [0, 0.05) is 18.0 Å². The maximum atomic E-state index is 12.6. The number of hydrogen-bond donors (Lipinski definition) is 0. The Hall–Kier alpha value is -2.75. The lowest BCUT2D eigenvalue weighted by Crippen LogP contribution is -2.39. The Bertz CT molecular complexity index is 887. The van der Waals surface area contributed by atoms with Crippen LogP contribution in [0.5, 0.6) is 0 Å². The number of carbonyl (C=O) groups excluding carboxylic acids is 1. The fourth-order valence-electron chi connectivity index (χ4n) is 2.34. The van der Waals surface area contributed by atoms with Crippen molar-refractivity contribution >= 4 is 27.2 Å². The third kappa shape index (κ3) is 4.41. The van der Waals surface area contributed by atoms with E-state index < -0.39 is 14.8 Å². The molecule has 0 unspecified atom stereocenters. The monoisotopic (exact) mass is 366 g/mol. The molecule has 1 aromatic heterocycles. The summed E-state index contributed by atoms with van der Waals surface area (Å²) in [6, 6.07) is 7.01. The summed E-state index contributed by atoms with van der Waals surface area (Å²) in [5.74, 6) is -0.651. The average Bonchev–Trinajstić information content (AvgIpc) is 2.95. The van der Waals surface area contributed by atoms with E-state index in [2.05, 4.69) is 5.10 Å². The normalized spacial score (nSPS) is 11.5. The molecule has 0 atom stereocenters. The Balaban J connectivity index is 2.24. The van der Waals surface area contributed by atoms with Crippen molar-refractivity contribution in [3.63, 3.8) is 0 Å². The SMILES string of the molecule is CC(C)N(C(=O)Cn1ccc([N+](=O)[O-])n1)c1ccc(S(C)(=O)=O)cc1. The van der Waals surface area contributed by atoms with Crippen molar-refractivity contribution in [1.29, 1.82) is 0 Å². The second-order valence-electron chi connectivity index (χ2n) is 5.75. The Labute approximate surface area is 144 Å². The van der Waals surface area contributed by atoms with Gasteiger partial charge >= 0.3 is 5.82 Å². The number of carbonyl (C=O) groups is 1. The zero-order chi connectivity index (χ0) is 18.8. The molecule has 10 heteroatoms. The molecular weight excluding hydrogens is 348 g/mol. The molecule has 134 valence electrons. The van der Waals surface area contributed by atoms with Gasteiger partial charge in [-0.05, 0) is 43.0 Å². The van der Waals surface area contributed by atoms with E-state index in [0.717, 1.165) is 6.26 Å². The first-order valence-electron chi connectivity index (χ1n) is 7.39. The zero-order valence-corrected chi connectivity index (χ0v) is 14.8. The second kappa shape index (κ2) is 7.01. The molecule has 0 spiro atoms. The van der Waals surface area contributed by atoms with E-state index in [1.165, 1.54) is 34.0 Å². The number of hydrogen-bond acceptors (Lipinski definition) is 6. The van der Waals surface area contributed by atoms with Crippen LogP contribution in [0.1, 0.15) is 13.8 Å². The van der Waals surface area contributed by atoms with Crippen molar-refractivity contribution in [3.8, 4) is 0 Å². The summed E-state index contributed by atoms with van der Waals surface area (Å²) in [4.78, 5) is 24.3. The van der Waals surface area contributed by atoms with Gasteiger partial charge in [-0.1, -0.05) is 0 Å². The molecule has 25 heavy (non-hydrogen) atoms. The number of amides is 1. The van der Waals surface area contributed by atoms with Crippen LogP contribution < -0.4 is 4.90 Å². The predicted octanol–water partition coefficient (Wildman–Crippen LogP) is 1.64. The lowest BCUT2D eigenvalue weighted by Gasteiger charge is -2.26. The third-order valence-electron chi connectivity index (χ3n) is 3.44. The van der Waals surface area contributed by atoms with Gasteiger partial charge in [0.1, 0.15) is 6.54 Å². The van der Waals surface area contributed by atoms with Gasteiger partial charge in [-0.15, -0.1) is 0 Å². The van der Waals surface area contributed by atoms with E-state index >= 15 is 0 Å². The molecule has 0 N–H and O–H groups in total. The highest BCUT2D eigenvalue weighted by atomic mass is 32.2. The molecule has 1 heterocycles. The molecule has 2 rings (SSSR count). The van der Waals surface area contributed by atoms with Crippen LogP contribution in [0.2, 0.25) is 0 Å². The van der Waals surface area contributed by atoms with E-state index in [1.54, 1.807) is 12.1 Å². The summed E-state index contributed by atoms with van der Waals surface area (Å²) < 4.78 is 24.3. The van der Waals surface area contributed by atoms with Gasteiger partial charge in [-0.3, -0.25) is 4.79 Å². The van der Waals surface area contributed by atoms with Crippen LogP contribution in [0.25, 0.3) is 0 Å². The molecule has 9 nitrogen and oxygen atoms in total. The number of benzene rings is 1. The molecular formula is C15H18N4O5S. The highest BCUT2D eigenvalue weighted by molar-refractivity contribution is 7.90. The number of rotatable bonds is 6. The van der Waals surface area contributed by atoms with Crippen LogP contribution >= 0.6 is 0 Å². The Morgan fingerprint density at radius 2 is 1.88 bits per heavy atom.